The molecule has 1 aliphatic rings. The molecule has 1 fully saturated rings. The number of carbonyl (C=O) groups excluding carboxylic acids is 1. The molecule has 0 amide bonds. The van der Waals surface area contributed by atoms with Crippen molar-refractivity contribution in [3.05, 3.63) is 58.9 Å². The molecule has 1 aromatic heterocycles. The fraction of sp³-hybridized carbons (Fsp3) is 0.167. The summed E-state index contributed by atoms with van der Waals surface area (Å²) in [4.78, 5) is 16.0. The van der Waals surface area contributed by atoms with E-state index in [1.165, 1.54) is 12.1 Å². The van der Waals surface area contributed by atoms with Crippen LogP contribution in [0.1, 0.15) is 23.2 Å². The van der Waals surface area contributed by atoms with Crippen LogP contribution in [0.2, 0.25) is 5.02 Å². The van der Waals surface area contributed by atoms with E-state index < -0.39 is 0 Å². The Bertz CT molecular complexity index is 878. The molecule has 110 valence electrons. The third-order valence-electron chi connectivity index (χ3n) is 4.09. The summed E-state index contributed by atoms with van der Waals surface area (Å²) in [5, 5.41) is 1.44. The van der Waals surface area contributed by atoms with Crippen molar-refractivity contribution >= 4 is 28.3 Å². The van der Waals surface area contributed by atoms with Gasteiger partial charge in [-0.15, -0.1) is 0 Å². The molecular formula is C18H13ClFNO. The number of carbonyl (C=O) groups is 1. The van der Waals surface area contributed by atoms with Crippen molar-refractivity contribution in [3.63, 3.8) is 0 Å². The zero-order chi connectivity index (χ0) is 15.3. The van der Waals surface area contributed by atoms with Crippen molar-refractivity contribution in [2.45, 2.75) is 12.8 Å². The lowest BCUT2D eigenvalue weighted by atomic mass is 9.99. The number of Topliss-reactive ketones (excluding diaryl/α,β-unsaturated/α-hetero) is 1. The van der Waals surface area contributed by atoms with E-state index in [9.17, 15) is 9.18 Å². The van der Waals surface area contributed by atoms with Gasteiger partial charge in [0, 0.05) is 21.8 Å². The topological polar surface area (TPSA) is 32.9 Å². The van der Waals surface area contributed by atoms with Gasteiger partial charge in [0.05, 0.1) is 11.3 Å². The number of H-pyrrole nitrogens is 1. The van der Waals surface area contributed by atoms with Crippen LogP contribution in [0.5, 0.6) is 0 Å². The van der Waals surface area contributed by atoms with Crippen molar-refractivity contribution in [1.29, 1.82) is 0 Å². The van der Waals surface area contributed by atoms with Gasteiger partial charge in [-0.2, -0.15) is 0 Å². The predicted octanol–water partition coefficient (Wildman–Crippen LogP) is 5.22. The van der Waals surface area contributed by atoms with Crippen LogP contribution in [0.4, 0.5) is 4.39 Å². The number of rotatable bonds is 3. The monoisotopic (exact) mass is 313 g/mol. The molecule has 1 N–H and O–H groups in total. The van der Waals surface area contributed by atoms with Crippen LogP contribution in [-0.4, -0.2) is 10.8 Å². The van der Waals surface area contributed by atoms with Crippen LogP contribution in [0.25, 0.3) is 22.2 Å². The van der Waals surface area contributed by atoms with Gasteiger partial charge in [0.1, 0.15) is 5.82 Å². The second-order valence-corrected chi connectivity index (χ2v) is 6.15. The number of aromatic amines is 1. The Morgan fingerprint density at radius 1 is 1.14 bits per heavy atom. The highest BCUT2D eigenvalue weighted by molar-refractivity contribution is 6.31. The normalized spacial score (nSPS) is 14.5. The highest BCUT2D eigenvalue weighted by Gasteiger charge is 2.33. The zero-order valence-corrected chi connectivity index (χ0v) is 12.5. The summed E-state index contributed by atoms with van der Waals surface area (Å²) in [6.07, 6.45) is 1.88. The third-order valence-corrected chi connectivity index (χ3v) is 4.32. The van der Waals surface area contributed by atoms with E-state index in [0.717, 1.165) is 35.0 Å². The molecule has 0 atom stereocenters. The minimum atomic E-state index is -0.294. The minimum Gasteiger partial charge on any atom is -0.354 e. The van der Waals surface area contributed by atoms with Crippen LogP contribution in [0, 0.1) is 11.7 Å². The van der Waals surface area contributed by atoms with Crippen molar-refractivity contribution in [1.82, 2.24) is 4.98 Å². The molecule has 1 aliphatic carbocycles. The average Bonchev–Trinajstić information content (AvgIpc) is 3.29. The lowest BCUT2D eigenvalue weighted by Gasteiger charge is -2.04. The van der Waals surface area contributed by atoms with Gasteiger partial charge in [0.15, 0.2) is 5.78 Å². The first-order valence-electron chi connectivity index (χ1n) is 7.25. The largest absolute Gasteiger partial charge is 0.354 e. The number of fused-ring (bicyclic) bond motifs is 1. The number of halogens is 2. The summed E-state index contributed by atoms with van der Waals surface area (Å²) in [7, 11) is 0. The Kier molecular flexibility index (Phi) is 3.05. The van der Waals surface area contributed by atoms with E-state index in [1.54, 1.807) is 18.2 Å². The van der Waals surface area contributed by atoms with E-state index in [-0.39, 0.29) is 17.5 Å². The molecule has 0 unspecified atom stereocenters. The Labute approximate surface area is 131 Å². The summed E-state index contributed by atoms with van der Waals surface area (Å²) in [5.74, 6) is -0.0389. The fourth-order valence-electron chi connectivity index (χ4n) is 2.80. The SMILES string of the molecule is O=C(c1c(-c2ccc(F)cc2)[nH]c2ccc(Cl)cc12)C1CC1. The molecular weight excluding hydrogens is 301 g/mol. The maximum atomic E-state index is 13.2. The zero-order valence-electron chi connectivity index (χ0n) is 11.7. The summed E-state index contributed by atoms with van der Waals surface area (Å²) in [5.41, 5.74) is 3.09. The molecule has 1 saturated carbocycles. The standard InChI is InChI=1S/C18H13ClFNO/c19-12-5-8-15-14(9-12)16(18(22)11-1-2-11)17(21-15)10-3-6-13(20)7-4-10/h3-9,11,21H,1-2H2. The molecule has 4 heteroatoms. The lowest BCUT2D eigenvalue weighted by molar-refractivity contribution is 0.0970. The summed E-state index contributed by atoms with van der Waals surface area (Å²) < 4.78 is 13.2. The van der Waals surface area contributed by atoms with Crippen molar-refractivity contribution in [3.8, 4) is 11.3 Å². The second-order valence-electron chi connectivity index (χ2n) is 5.71. The van der Waals surface area contributed by atoms with Crippen LogP contribution in [-0.2, 0) is 0 Å². The summed E-state index contributed by atoms with van der Waals surface area (Å²) in [6, 6.07) is 11.7. The smallest absolute Gasteiger partial charge is 0.168 e. The van der Waals surface area contributed by atoms with Gasteiger partial charge in [-0.3, -0.25) is 4.79 Å². The van der Waals surface area contributed by atoms with E-state index in [0.29, 0.717) is 10.6 Å². The summed E-state index contributed by atoms with van der Waals surface area (Å²) in [6.45, 7) is 0. The Morgan fingerprint density at radius 3 is 2.55 bits per heavy atom. The first kappa shape index (κ1) is 13.5. The van der Waals surface area contributed by atoms with Gasteiger partial charge in [0.25, 0.3) is 0 Å². The average molecular weight is 314 g/mol. The van der Waals surface area contributed by atoms with Gasteiger partial charge >= 0.3 is 0 Å². The Morgan fingerprint density at radius 2 is 1.86 bits per heavy atom. The van der Waals surface area contributed by atoms with Gasteiger partial charge in [0.2, 0.25) is 0 Å². The maximum absolute atomic E-state index is 13.2. The molecule has 0 spiro atoms. The van der Waals surface area contributed by atoms with Crippen LogP contribution in [0.3, 0.4) is 0 Å². The third kappa shape index (κ3) is 2.22. The number of hydrogen-bond acceptors (Lipinski definition) is 1. The Hall–Kier alpha value is -2.13. The molecule has 4 rings (SSSR count). The van der Waals surface area contributed by atoms with E-state index in [1.807, 2.05) is 12.1 Å². The van der Waals surface area contributed by atoms with Crippen molar-refractivity contribution < 1.29 is 9.18 Å². The number of aromatic nitrogens is 1. The van der Waals surface area contributed by atoms with Crippen molar-refractivity contribution in [2.24, 2.45) is 5.92 Å². The van der Waals surface area contributed by atoms with E-state index in [2.05, 4.69) is 4.98 Å². The first-order chi connectivity index (χ1) is 10.6. The van der Waals surface area contributed by atoms with Gasteiger partial charge in [-0.05, 0) is 60.9 Å². The number of hydrogen-bond donors (Lipinski definition) is 1. The molecule has 0 radical (unpaired) electrons. The fourth-order valence-corrected chi connectivity index (χ4v) is 2.97. The molecule has 0 bridgehead atoms. The van der Waals surface area contributed by atoms with Crippen molar-refractivity contribution in [2.75, 3.05) is 0 Å². The molecule has 1 heterocycles. The number of benzene rings is 2. The number of ketones is 1. The quantitative estimate of drug-likeness (QED) is 0.661. The molecule has 2 aromatic carbocycles. The van der Waals surface area contributed by atoms with Crippen LogP contribution in [0.15, 0.2) is 42.5 Å². The second kappa shape index (κ2) is 4.96. The van der Waals surface area contributed by atoms with E-state index in [4.69, 9.17) is 11.6 Å². The van der Waals surface area contributed by atoms with Gasteiger partial charge < -0.3 is 4.98 Å². The highest BCUT2D eigenvalue weighted by atomic mass is 35.5. The van der Waals surface area contributed by atoms with Crippen LogP contribution < -0.4 is 0 Å². The molecule has 3 aromatic rings. The molecule has 0 saturated heterocycles. The molecule has 2 nitrogen and oxygen atoms in total. The molecule has 22 heavy (non-hydrogen) atoms. The van der Waals surface area contributed by atoms with Gasteiger partial charge in [-0.25, -0.2) is 4.39 Å². The summed E-state index contributed by atoms with van der Waals surface area (Å²) >= 11 is 6.09. The van der Waals surface area contributed by atoms with Crippen LogP contribution >= 0.6 is 11.6 Å². The molecule has 0 aliphatic heterocycles. The lowest BCUT2D eigenvalue weighted by Crippen LogP contribution is -2.02. The Balaban J connectivity index is 1.98. The minimum absolute atomic E-state index is 0.108. The van der Waals surface area contributed by atoms with E-state index >= 15 is 0 Å². The predicted molar refractivity (Wildman–Crippen MR) is 85.8 cm³/mol. The number of nitrogens with one attached hydrogen (secondary N) is 1. The first-order valence-corrected chi connectivity index (χ1v) is 7.62. The maximum Gasteiger partial charge on any atom is 0.168 e. The highest BCUT2D eigenvalue weighted by Crippen LogP contribution is 2.39. The van der Waals surface area contributed by atoms with Gasteiger partial charge in [-0.1, -0.05) is 11.6 Å².